The first-order valence-corrected chi connectivity index (χ1v) is 8.57. The van der Waals surface area contributed by atoms with Gasteiger partial charge in [-0.25, -0.2) is 4.39 Å². The van der Waals surface area contributed by atoms with Crippen molar-refractivity contribution in [2.75, 3.05) is 36.5 Å². The van der Waals surface area contributed by atoms with Gasteiger partial charge < -0.3 is 19.7 Å². The Morgan fingerprint density at radius 2 is 1.73 bits per heavy atom. The van der Waals surface area contributed by atoms with Gasteiger partial charge in [0.15, 0.2) is 17.4 Å². The van der Waals surface area contributed by atoms with E-state index in [-0.39, 0.29) is 11.7 Å². The molecular formula is C18H19FN4O3. The largest absolute Gasteiger partial charge is 0.355 e. The molecule has 0 atom stereocenters. The molecule has 0 bridgehead atoms. The fourth-order valence-electron chi connectivity index (χ4n) is 3.21. The molecule has 8 heteroatoms. The molecule has 1 amide bonds. The highest BCUT2D eigenvalue weighted by molar-refractivity contribution is 6.03. The fraction of sp³-hybridized carbons (Fsp3) is 0.389. The number of carbonyl (C=O) groups is 1. The second-order valence-electron chi connectivity index (χ2n) is 6.33. The summed E-state index contributed by atoms with van der Waals surface area (Å²) in [4.78, 5) is 14.2. The molecule has 0 aliphatic carbocycles. The highest BCUT2D eigenvalue weighted by Crippen LogP contribution is 2.32. The number of halogens is 1. The smallest absolute Gasteiger partial charge is 0.256 e. The first-order chi connectivity index (χ1) is 12.6. The summed E-state index contributed by atoms with van der Waals surface area (Å²) in [6.45, 7) is 2.86. The zero-order valence-corrected chi connectivity index (χ0v) is 14.2. The lowest BCUT2D eigenvalue weighted by Crippen LogP contribution is -2.45. The van der Waals surface area contributed by atoms with Gasteiger partial charge in [0.2, 0.25) is 0 Å². The van der Waals surface area contributed by atoms with Gasteiger partial charge in [-0.1, -0.05) is 0 Å². The van der Waals surface area contributed by atoms with E-state index in [1.165, 1.54) is 24.3 Å². The Morgan fingerprint density at radius 1 is 1.04 bits per heavy atom. The van der Waals surface area contributed by atoms with Gasteiger partial charge in [0.25, 0.3) is 5.91 Å². The molecule has 1 spiro atoms. The third-order valence-electron chi connectivity index (χ3n) is 4.66. The molecule has 7 nitrogen and oxygen atoms in total. The summed E-state index contributed by atoms with van der Waals surface area (Å²) in [6, 6.07) is 8.85. The van der Waals surface area contributed by atoms with Gasteiger partial charge in [0, 0.05) is 31.5 Å². The molecule has 136 valence electrons. The summed E-state index contributed by atoms with van der Waals surface area (Å²) >= 11 is 0. The van der Waals surface area contributed by atoms with Crippen LogP contribution in [0.4, 0.5) is 16.0 Å². The van der Waals surface area contributed by atoms with E-state index >= 15 is 0 Å². The van der Waals surface area contributed by atoms with Crippen molar-refractivity contribution < 1.29 is 18.7 Å². The van der Waals surface area contributed by atoms with Crippen LogP contribution in [0.3, 0.4) is 0 Å². The zero-order chi connectivity index (χ0) is 18.0. The second-order valence-corrected chi connectivity index (χ2v) is 6.33. The Labute approximate surface area is 150 Å². The maximum absolute atomic E-state index is 12.9. The predicted octanol–water partition coefficient (Wildman–Crippen LogP) is 2.21. The van der Waals surface area contributed by atoms with Crippen molar-refractivity contribution in [2.45, 2.75) is 18.6 Å². The van der Waals surface area contributed by atoms with Gasteiger partial charge >= 0.3 is 0 Å². The molecule has 2 saturated heterocycles. The van der Waals surface area contributed by atoms with Crippen molar-refractivity contribution in [3.8, 4) is 0 Å². The lowest BCUT2D eigenvalue weighted by Gasteiger charge is -2.37. The number of ether oxygens (including phenoxy) is 2. The summed E-state index contributed by atoms with van der Waals surface area (Å²) < 4.78 is 24.4. The molecule has 2 fully saturated rings. The van der Waals surface area contributed by atoms with Crippen LogP contribution in [-0.2, 0) is 9.47 Å². The highest BCUT2D eigenvalue weighted by atomic mass is 19.1. The number of amides is 1. The number of nitrogens with one attached hydrogen (secondary N) is 1. The number of nitrogens with zero attached hydrogens (tertiary/aromatic N) is 3. The Kier molecular flexibility index (Phi) is 4.52. The lowest BCUT2D eigenvalue weighted by atomic mass is 10.0. The number of anilines is 2. The number of hydrogen-bond acceptors (Lipinski definition) is 6. The average molecular weight is 358 g/mol. The van der Waals surface area contributed by atoms with E-state index in [4.69, 9.17) is 9.47 Å². The Morgan fingerprint density at radius 3 is 2.35 bits per heavy atom. The number of benzene rings is 1. The Bertz CT molecular complexity index is 766. The van der Waals surface area contributed by atoms with Crippen LogP contribution in [0.5, 0.6) is 0 Å². The first-order valence-electron chi connectivity index (χ1n) is 8.57. The van der Waals surface area contributed by atoms with Crippen LogP contribution in [0.15, 0.2) is 36.4 Å². The molecule has 1 aromatic carbocycles. The minimum atomic E-state index is -0.424. The summed E-state index contributed by atoms with van der Waals surface area (Å²) in [7, 11) is 0. The maximum atomic E-state index is 12.9. The van der Waals surface area contributed by atoms with E-state index < -0.39 is 5.79 Å². The van der Waals surface area contributed by atoms with Gasteiger partial charge in [0.1, 0.15) is 5.82 Å². The summed E-state index contributed by atoms with van der Waals surface area (Å²) in [5.74, 6) is -0.0750. The van der Waals surface area contributed by atoms with E-state index in [0.29, 0.717) is 24.6 Å². The van der Waals surface area contributed by atoms with Crippen molar-refractivity contribution in [2.24, 2.45) is 0 Å². The molecule has 0 unspecified atom stereocenters. The molecule has 0 radical (unpaired) electrons. The van der Waals surface area contributed by atoms with Crippen LogP contribution in [0.25, 0.3) is 0 Å². The monoisotopic (exact) mass is 358 g/mol. The zero-order valence-electron chi connectivity index (χ0n) is 14.2. The van der Waals surface area contributed by atoms with Crippen LogP contribution in [0.2, 0.25) is 0 Å². The maximum Gasteiger partial charge on any atom is 0.256 e. The number of carbonyl (C=O) groups excluding carboxylic acids is 1. The molecule has 2 aromatic rings. The summed E-state index contributed by atoms with van der Waals surface area (Å²) in [5, 5.41) is 10.9. The SMILES string of the molecule is O=C(Nc1ccc(N2CCC3(CC2)OCCO3)nn1)c1ccc(F)cc1. The topological polar surface area (TPSA) is 76.6 Å². The van der Waals surface area contributed by atoms with Gasteiger partial charge in [-0.05, 0) is 36.4 Å². The Hall–Kier alpha value is -2.58. The molecule has 3 heterocycles. The van der Waals surface area contributed by atoms with Crippen molar-refractivity contribution in [1.82, 2.24) is 10.2 Å². The lowest BCUT2D eigenvalue weighted by molar-refractivity contribution is -0.169. The van der Waals surface area contributed by atoms with Crippen LogP contribution < -0.4 is 10.2 Å². The molecule has 1 aromatic heterocycles. The molecule has 4 rings (SSSR count). The molecule has 2 aliphatic heterocycles. The fourth-order valence-corrected chi connectivity index (χ4v) is 3.21. The van der Waals surface area contributed by atoms with E-state index in [0.717, 1.165) is 31.7 Å². The standard InChI is InChI=1S/C18H19FN4O3/c19-14-3-1-13(2-4-14)17(24)20-15-5-6-16(22-21-15)23-9-7-18(8-10-23)25-11-12-26-18/h1-6H,7-12H2,(H,20,21,24). The van der Waals surface area contributed by atoms with Gasteiger partial charge in [0.05, 0.1) is 13.2 Å². The van der Waals surface area contributed by atoms with Crippen molar-refractivity contribution in [3.63, 3.8) is 0 Å². The predicted molar refractivity (Wildman–Crippen MR) is 92.5 cm³/mol. The molecular weight excluding hydrogens is 339 g/mol. The second kappa shape index (κ2) is 6.97. The van der Waals surface area contributed by atoms with Gasteiger partial charge in [-0.15, -0.1) is 10.2 Å². The van der Waals surface area contributed by atoms with E-state index in [2.05, 4.69) is 20.4 Å². The van der Waals surface area contributed by atoms with Crippen LogP contribution in [0, 0.1) is 5.82 Å². The van der Waals surface area contributed by atoms with Crippen LogP contribution >= 0.6 is 0 Å². The third-order valence-corrected chi connectivity index (χ3v) is 4.66. The van der Waals surface area contributed by atoms with E-state index in [1.54, 1.807) is 6.07 Å². The van der Waals surface area contributed by atoms with Crippen molar-refractivity contribution in [3.05, 3.63) is 47.8 Å². The minimum Gasteiger partial charge on any atom is -0.355 e. The molecule has 2 aliphatic rings. The van der Waals surface area contributed by atoms with Crippen LogP contribution in [-0.4, -0.2) is 48.2 Å². The third kappa shape index (κ3) is 3.51. The number of aromatic nitrogens is 2. The van der Waals surface area contributed by atoms with Crippen molar-refractivity contribution >= 4 is 17.5 Å². The molecule has 0 saturated carbocycles. The first kappa shape index (κ1) is 16.9. The van der Waals surface area contributed by atoms with Gasteiger partial charge in [-0.3, -0.25) is 4.79 Å². The van der Waals surface area contributed by atoms with Crippen LogP contribution in [0.1, 0.15) is 23.2 Å². The van der Waals surface area contributed by atoms with Crippen molar-refractivity contribution in [1.29, 1.82) is 0 Å². The van der Waals surface area contributed by atoms with E-state index in [1.807, 2.05) is 6.07 Å². The number of hydrogen-bond donors (Lipinski definition) is 1. The number of piperidine rings is 1. The quantitative estimate of drug-likeness (QED) is 0.907. The molecule has 1 N–H and O–H groups in total. The Balaban J connectivity index is 1.36. The number of rotatable bonds is 3. The van der Waals surface area contributed by atoms with Gasteiger partial charge in [-0.2, -0.15) is 0 Å². The molecule has 26 heavy (non-hydrogen) atoms. The normalized spacial score (nSPS) is 18.9. The minimum absolute atomic E-state index is 0.346. The highest BCUT2D eigenvalue weighted by Gasteiger charge is 2.40. The van der Waals surface area contributed by atoms with E-state index in [9.17, 15) is 9.18 Å². The summed E-state index contributed by atoms with van der Waals surface area (Å²) in [5.41, 5.74) is 0.357. The average Bonchev–Trinajstić information content (AvgIpc) is 3.12. The summed E-state index contributed by atoms with van der Waals surface area (Å²) in [6.07, 6.45) is 1.58.